The van der Waals surface area contributed by atoms with Gasteiger partial charge in [0.25, 0.3) is 0 Å². The molecule has 2 aromatic rings. The van der Waals surface area contributed by atoms with Crippen LogP contribution in [0.5, 0.6) is 0 Å². The van der Waals surface area contributed by atoms with Crippen molar-refractivity contribution in [3.05, 3.63) is 34.3 Å². The maximum absolute atomic E-state index is 11.2. The largest absolute Gasteiger partial charge is 0.360 e. The Kier molecular flexibility index (Phi) is 4.31. The molecule has 21 heavy (non-hydrogen) atoms. The maximum atomic E-state index is 11.2. The fraction of sp³-hybridized carbons (Fsp3) is 0.417. The first-order valence-electron chi connectivity index (χ1n) is 6.46. The number of rotatable bonds is 6. The fourth-order valence-electron chi connectivity index (χ4n) is 1.97. The lowest BCUT2D eigenvalue weighted by Gasteiger charge is -2.15. The number of nitrogens with zero attached hydrogens (tertiary/aromatic N) is 5. The zero-order valence-corrected chi connectivity index (χ0v) is 12.1. The highest BCUT2D eigenvalue weighted by atomic mass is 16.6. The summed E-state index contributed by atoms with van der Waals surface area (Å²) in [5.74, 6) is 0.545. The van der Waals surface area contributed by atoms with Crippen molar-refractivity contribution in [3.63, 3.8) is 0 Å². The van der Waals surface area contributed by atoms with E-state index in [1.165, 1.54) is 0 Å². The minimum absolute atomic E-state index is 0.0809. The van der Waals surface area contributed by atoms with Gasteiger partial charge in [0.15, 0.2) is 0 Å². The van der Waals surface area contributed by atoms with Crippen molar-refractivity contribution < 1.29 is 4.92 Å². The molecule has 2 rings (SSSR count). The minimum atomic E-state index is -0.474. The second-order valence-electron chi connectivity index (χ2n) is 4.61. The monoisotopic (exact) mass is 291 g/mol. The lowest BCUT2D eigenvalue weighted by molar-refractivity contribution is -0.385. The molecule has 2 aromatic heterocycles. The van der Waals surface area contributed by atoms with E-state index in [1.54, 1.807) is 24.9 Å². The van der Waals surface area contributed by atoms with Crippen LogP contribution in [0, 0.1) is 17.0 Å². The first-order chi connectivity index (χ1) is 10.0. The van der Waals surface area contributed by atoms with Gasteiger partial charge in [0, 0.05) is 25.5 Å². The lowest BCUT2D eigenvalue weighted by Crippen LogP contribution is -2.24. The van der Waals surface area contributed by atoms with Crippen LogP contribution >= 0.6 is 0 Å². The number of hydrogen-bond acceptors (Lipinski definition) is 7. The molecule has 0 spiro atoms. The van der Waals surface area contributed by atoms with Gasteiger partial charge in [-0.3, -0.25) is 14.8 Å². The predicted molar refractivity (Wildman–Crippen MR) is 78.3 cm³/mol. The van der Waals surface area contributed by atoms with E-state index in [9.17, 15) is 10.1 Å². The number of aryl methyl sites for hydroxylation is 1. The third-order valence-corrected chi connectivity index (χ3v) is 2.87. The van der Waals surface area contributed by atoms with Crippen molar-refractivity contribution in [3.8, 4) is 0 Å². The molecular weight excluding hydrogens is 274 g/mol. The summed E-state index contributed by atoms with van der Waals surface area (Å²) in [4.78, 5) is 18.9. The molecule has 9 heteroatoms. The zero-order chi connectivity index (χ0) is 15.4. The zero-order valence-electron chi connectivity index (χ0n) is 12.1. The Labute approximate surface area is 121 Å². The molecule has 0 aliphatic carbocycles. The number of hydrogen-bond donors (Lipinski definition) is 2. The second kappa shape index (κ2) is 6.16. The summed E-state index contributed by atoms with van der Waals surface area (Å²) in [5.41, 5.74) is 0.203. The molecule has 0 aromatic carbocycles. The number of anilines is 2. The van der Waals surface area contributed by atoms with E-state index >= 15 is 0 Å². The number of nitrogens with one attached hydrogen (secondary N) is 2. The van der Waals surface area contributed by atoms with Crippen molar-refractivity contribution in [2.45, 2.75) is 26.4 Å². The average molecular weight is 291 g/mol. The number of nitro groups is 1. The molecule has 0 amide bonds. The van der Waals surface area contributed by atoms with Gasteiger partial charge in [-0.15, -0.1) is 0 Å². The molecule has 0 radical (unpaired) electrons. The van der Waals surface area contributed by atoms with Crippen molar-refractivity contribution in [2.75, 3.05) is 17.7 Å². The van der Waals surface area contributed by atoms with Crippen LogP contribution in [0.2, 0.25) is 0 Å². The molecule has 1 atom stereocenters. The SMILES string of the molecule is CNc1nc(C)c([N+](=O)[O-])c(NC(C)Cn2cccn2)n1. The van der Waals surface area contributed by atoms with E-state index < -0.39 is 4.92 Å². The summed E-state index contributed by atoms with van der Waals surface area (Å²) in [6.45, 7) is 4.06. The van der Waals surface area contributed by atoms with Gasteiger partial charge in [0.1, 0.15) is 5.69 Å². The van der Waals surface area contributed by atoms with Crippen molar-refractivity contribution in [1.29, 1.82) is 0 Å². The van der Waals surface area contributed by atoms with E-state index in [0.717, 1.165) is 0 Å². The second-order valence-corrected chi connectivity index (χ2v) is 4.61. The Bertz CT molecular complexity index is 627. The molecule has 0 fully saturated rings. The summed E-state index contributed by atoms with van der Waals surface area (Å²) < 4.78 is 1.75. The van der Waals surface area contributed by atoms with Crippen LogP contribution in [0.15, 0.2) is 18.5 Å². The van der Waals surface area contributed by atoms with E-state index in [0.29, 0.717) is 18.2 Å². The molecule has 9 nitrogen and oxygen atoms in total. The molecule has 2 heterocycles. The highest BCUT2D eigenvalue weighted by Gasteiger charge is 2.23. The van der Waals surface area contributed by atoms with Gasteiger partial charge in [-0.2, -0.15) is 10.1 Å². The van der Waals surface area contributed by atoms with Crippen LogP contribution in [0.1, 0.15) is 12.6 Å². The van der Waals surface area contributed by atoms with Gasteiger partial charge in [-0.05, 0) is 19.9 Å². The van der Waals surface area contributed by atoms with Crippen LogP contribution in [0.4, 0.5) is 17.5 Å². The van der Waals surface area contributed by atoms with Gasteiger partial charge in [-0.25, -0.2) is 4.98 Å². The third-order valence-electron chi connectivity index (χ3n) is 2.87. The van der Waals surface area contributed by atoms with Crippen molar-refractivity contribution in [2.24, 2.45) is 0 Å². The summed E-state index contributed by atoms with van der Waals surface area (Å²) in [6.07, 6.45) is 3.51. The maximum Gasteiger partial charge on any atom is 0.332 e. The van der Waals surface area contributed by atoms with Gasteiger partial charge < -0.3 is 10.6 Å². The molecule has 1 unspecified atom stereocenters. The highest BCUT2D eigenvalue weighted by molar-refractivity contribution is 5.61. The van der Waals surface area contributed by atoms with Crippen molar-refractivity contribution in [1.82, 2.24) is 19.7 Å². The molecule has 2 N–H and O–H groups in total. The Balaban J connectivity index is 2.24. The van der Waals surface area contributed by atoms with Crippen LogP contribution in [0.25, 0.3) is 0 Å². The third kappa shape index (κ3) is 3.44. The Hall–Kier alpha value is -2.71. The first kappa shape index (κ1) is 14.7. The molecule has 0 saturated heterocycles. The van der Waals surface area contributed by atoms with Gasteiger partial charge in [-0.1, -0.05) is 0 Å². The summed E-state index contributed by atoms with van der Waals surface area (Å²) >= 11 is 0. The van der Waals surface area contributed by atoms with Crippen LogP contribution in [-0.2, 0) is 6.54 Å². The van der Waals surface area contributed by atoms with E-state index in [4.69, 9.17) is 0 Å². The summed E-state index contributed by atoms with van der Waals surface area (Å²) in [6, 6.07) is 1.74. The molecule has 0 bridgehead atoms. The smallest absolute Gasteiger partial charge is 0.332 e. The van der Waals surface area contributed by atoms with Gasteiger partial charge in [0.05, 0.1) is 11.5 Å². The molecule has 112 valence electrons. The van der Waals surface area contributed by atoms with Gasteiger partial charge in [0.2, 0.25) is 11.8 Å². The lowest BCUT2D eigenvalue weighted by atomic mass is 10.3. The topological polar surface area (TPSA) is 111 Å². The Morgan fingerprint density at radius 3 is 2.81 bits per heavy atom. The Morgan fingerprint density at radius 1 is 1.48 bits per heavy atom. The average Bonchev–Trinajstić information content (AvgIpc) is 2.90. The predicted octanol–water partition coefficient (Wildman–Crippen LogP) is 1.43. The molecule has 0 aliphatic heterocycles. The van der Waals surface area contributed by atoms with E-state index in [-0.39, 0.29) is 17.5 Å². The molecular formula is C12H17N7O2. The molecule has 0 saturated carbocycles. The van der Waals surface area contributed by atoms with E-state index in [1.807, 2.05) is 19.2 Å². The summed E-state index contributed by atoms with van der Waals surface area (Å²) in [7, 11) is 1.66. The highest BCUT2D eigenvalue weighted by Crippen LogP contribution is 2.27. The Morgan fingerprint density at radius 2 is 2.24 bits per heavy atom. The van der Waals surface area contributed by atoms with E-state index in [2.05, 4.69) is 25.7 Å². The van der Waals surface area contributed by atoms with Crippen LogP contribution < -0.4 is 10.6 Å². The first-order valence-corrected chi connectivity index (χ1v) is 6.46. The van der Waals surface area contributed by atoms with Crippen LogP contribution in [0.3, 0.4) is 0 Å². The quantitative estimate of drug-likeness (QED) is 0.611. The summed E-state index contributed by atoms with van der Waals surface area (Å²) in [5, 5.41) is 21.1. The number of aromatic nitrogens is 4. The fourth-order valence-corrected chi connectivity index (χ4v) is 1.97. The van der Waals surface area contributed by atoms with Crippen molar-refractivity contribution >= 4 is 17.5 Å². The minimum Gasteiger partial charge on any atom is -0.360 e. The van der Waals surface area contributed by atoms with Gasteiger partial charge >= 0.3 is 5.69 Å². The van der Waals surface area contributed by atoms with Crippen LogP contribution in [-0.4, -0.2) is 37.8 Å². The standard InChI is InChI=1S/C12H17N7O2/c1-8(7-18-6-4-5-14-18)15-11-10(19(20)21)9(2)16-12(13-3)17-11/h4-6,8H,7H2,1-3H3,(H2,13,15,16,17). The normalized spacial score (nSPS) is 12.0. The molecule has 0 aliphatic rings.